The number of likely N-dealkylation sites (tertiary alicyclic amines) is 1. The number of benzene rings is 1. The van der Waals surface area contributed by atoms with Gasteiger partial charge in [0, 0.05) is 35.6 Å². The molecule has 2 fully saturated rings. The molecule has 1 aromatic heterocycles. The van der Waals surface area contributed by atoms with E-state index in [9.17, 15) is 9.59 Å². The van der Waals surface area contributed by atoms with Gasteiger partial charge in [-0.25, -0.2) is 0 Å². The molecule has 2 aromatic rings. The SMILES string of the molecule is CN(Cc1cc2ccccc2s1)C(=O)[C@H]1CC(=O)N(C2CC2)C1. The van der Waals surface area contributed by atoms with Crippen LogP contribution in [0, 0.1) is 5.92 Å². The van der Waals surface area contributed by atoms with Gasteiger partial charge in [-0.1, -0.05) is 18.2 Å². The van der Waals surface area contributed by atoms with E-state index < -0.39 is 0 Å². The molecule has 0 N–H and O–H groups in total. The molecular weight excluding hydrogens is 308 g/mol. The van der Waals surface area contributed by atoms with Crippen LogP contribution in [-0.2, 0) is 16.1 Å². The third kappa shape index (κ3) is 2.85. The molecule has 1 aromatic carbocycles. The van der Waals surface area contributed by atoms with E-state index in [0.717, 1.165) is 12.8 Å². The van der Waals surface area contributed by atoms with Crippen LogP contribution in [0.15, 0.2) is 30.3 Å². The summed E-state index contributed by atoms with van der Waals surface area (Å²) in [5, 5.41) is 1.23. The minimum absolute atomic E-state index is 0.0963. The van der Waals surface area contributed by atoms with Gasteiger partial charge in [0.25, 0.3) is 0 Å². The fraction of sp³-hybridized carbons (Fsp3) is 0.444. The highest BCUT2D eigenvalue weighted by Gasteiger charge is 2.42. The van der Waals surface area contributed by atoms with Crippen molar-refractivity contribution in [2.24, 2.45) is 5.92 Å². The summed E-state index contributed by atoms with van der Waals surface area (Å²) in [6, 6.07) is 10.8. The Morgan fingerprint density at radius 2 is 2.13 bits per heavy atom. The number of carbonyl (C=O) groups excluding carboxylic acids is 2. The molecule has 1 saturated heterocycles. The molecule has 1 atom stereocenters. The molecule has 1 saturated carbocycles. The molecule has 2 amide bonds. The molecule has 4 rings (SSSR count). The van der Waals surface area contributed by atoms with Crippen molar-refractivity contribution >= 4 is 33.2 Å². The Labute approximate surface area is 139 Å². The number of hydrogen-bond acceptors (Lipinski definition) is 3. The average molecular weight is 328 g/mol. The van der Waals surface area contributed by atoms with Crippen molar-refractivity contribution in [2.45, 2.75) is 31.8 Å². The number of carbonyl (C=O) groups is 2. The molecule has 120 valence electrons. The fourth-order valence-corrected chi connectivity index (χ4v) is 4.49. The van der Waals surface area contributed by atoms with Crippen LogP contribution in [0.4, 0.5) is 0 Å². The lowest BCUT2D eigenvalue weighted by Gasteiger charge is -2.20. The number of thiophene rings is 1. The van der Waals surface area contributed by atoms with Gasteiger partial charge in [-0.05, 0) is 30.4 Å². The molecule has 23 heavy (non-hydrogen) atoms. The first-order valence-corrected chi connectivity index (χ1v) is 8.95. The number of hydrogen-bond donors (Lipinski definition) is 0. The van der Waals surface area contributed by atoms with Crippen LogP contribution in [0.5, 0.6) is 0 Å². The normalized spacial score (nSPS) is 21.2. The van der Waals surface area contributed by atoms with Crippen molar-refractivity contribution in [3.63, 3.8) is 0 Å². The second-order valence-corrected chi connectivity index (χ2v) is 7.79. The third-order valence-corrected chi connectivity index (χ3v) is 5.84. The standard InChI is InChI=1S/C18H20N2O2S/c1-19(11-15-8-12-4-2-3-5-16(12)23-15)18(22)13-9-17(21)20(10-13)14-6-7-14/h2-5,8,13-14H,6-7,9-11H2,1H3/t13-/m0/s1. The molecular formula is C18H20N2O2S. The molecule has 1 aliphatic heterocycles. The van der Waals surface area contributed by atoms with Gasteiger partial charge in [-0.15, -0.1) is 11.3 Å². The summed E-state index contributed by atoms with van der Waals surface area (Å²) < 4.78 is 1.25. The number of fused-ring (bicyclic) bond motifs is 1. The van der Waals surface area contributed by atoms with Gasteiger partial charge in [0.15, 0.2) is 0 Å². The largest absolute Gasteiger partial charge is 0.340 e. The van der Waals surface area contributed by atoms with Crippen LogP contribution in [0.1, 0.15) is 24.1 Å². The van der Waals surface area contributed by atoms with Crippen LogP contribution in [-0.4, -0.2) is 41.2 Å². The van der Waals surface area contributed by atoms with Crippen molar-refractivity contribution in [3.05, 3.63) is 35.2 Å². The average Bonchev–Trinajstić information content (AvgIpc) is 3.18. The van der Waals surface area contributed by atoms with E-state index in [1.807, 2.05) is 24.1 Å². The topological polar surface area (TPSA) is 40.6 Å². The second kappa shape index (κ2) is 5.64. The van der Waals surface area contributed by atoms with Crippen LogP contribution in [0.3, 0.4) is 0 Å². The third-order valence-electron chi connectivity index (χ3n) is 4.74. The minimum Gasteiger partial charge on any atom is -0.340 e. The van der Waals surface area contributed by atoms with Crippen molar-refractivity contribution in [3.8, 4) is 0 Å². The molecule has 0 radical (unpaired) electrons. The predicted molar refractivity (Wildman–Crippen MR) is 91.1 cm³/mol. The lowest BCUT2D eigenvalue weighted by molar-refractivity contribution is -0.135. The Bertz CT molecular complexity index is 732. The predicted octanol–water partition coefficient (Wildman–Crippen LogP) is 2.87. The van der Waals surface area contributed by atoms with Gasteiger partial charge < -0.3 is 9.80 Å². The Morgan fingerprint density at radius 1 is 1.35 bits per heavy atom. The molecule has 0 bridgehead atoms. The van der Waals surface area contributed by atoms with Crippen molar-refractivity contribution in [1.82, 2.24) is 9.80 Å². The van der Waals surface area contributed by atoms with Gasteiger partial charge in [-0.3, -0.25) is 9.59 Å². The van der Waals surface area contributed by atoms with Crippen LogP contribution in [0.2, 0.25) is 0 Å². The van der Waals surface area contributed by atoms with Crippen molar-refractivity contribution < 1.29 is 9.59 Å². The summed E-state index contributed by atoms with van der Waals surface area (Å²) in [7, 11) is 1.84. The highest BCUT2D eigenvalue weighted by molar-refractivity contribution is 7.19. The quantitative estimate of drug-likeness (QED) is 0.866. The molecule has 1 aliphatic carbocycles. The Hall–Kier alpha value is -1.88. The lowest BCUT2D eigenvalue weighted by Crippen LogP contribution is -2.34. The first-order chi connectivity index (χ1) is 11.1. The van der Waals surface area contributed by atoms with E-state index >= 15 is 0 Å². The molecule has 5 heteroatoms. The van der Waals surface area contributed by atoms with Crippen LogP contribution < -0.4 is 0 Å². The zero-order chi connectivity index (χ0) is 16.0. The first-order valence-electron chi connectivity index (χ1n) is 8.14. The van der Waals surface area contributed by atoms with Gasteiger partial charge in [-0.2, -0.15) is 0 Å². The zero-order valence-electron chi connectivity index (χ0n) is 13.2. The summed E-state index contributed by atoms with van der Waals surface area (Å²) in [4.78, 5) is 29.6. The van der Waals surface area contributed by atoms with Gasteiger partial charge in [0.2, 0.25) is 11.8 Å². The van der Waals surface area contributed by atoms with E-state index in [4.69, 9.17) is 0 Å². The number of nitrogens with zero attached hydrogens (tertiary/aromatic N) is 2. The summed E-state index contributed by atoms with van der Waals surface area (Å²) in [6.45, 7) is 1.23. The van der Waals surface area contributed by atoms with Crippen molar-refractivity contribution in [2.75, 3.05) is 13.6 Å². The summed E-state index contributed by atoms with van der Waals surface area (Å²) >= 11 is 1.73. The number of amides is 2. The Balaban J connectivity index is 1.43. The van der Waals surface area contributed by atoms with Crippen LogP contribution >= 0.6 is 11.3 Å². The molecule has 4 nitrogen and oxygen atoms in total. The molecule has 2 aliphatic rings. The Kier molecular flexibility index (Phi) is 3.60. The van der Waals surface area contributed by atoms with Gasteiger partial charge in [0.05, 0.1) is 12.5 Å². The van der Waals surface area contributed by atoms with Crippen molar-refractivity contribution in [1.29, 1.82) is 0 Å². The maximum absolute atomic E-state index is 12.7. The summed E-state index contributed by atoms with van der Waals surface area (Å²) in [6.07, 6.45) is 2.58. The van der Waals surface area contributed by atoms with Crippen LogP contribution in [0.25, 0.3) is 10.1 Å². The highest BCUT2D eigenvalue weighted by Crippen LogP contribution is 2.33. The van der Waals surface area contributed by atoms with Gasteiger partial charge >= 0.3 is 0 Å². The first kappa shape index (κ1) is 14.7. The van der Waals surface area contributed by atoms with E-state index in [2.05, 4.69) is 18.2 Å². The smallest absolute Gasteiger partial charge is 0.228 e. The second-order valence-electron chi connectivity index (χ2n) is 6.62. The minimum atomic E-state index is -0.164. The van der Waals surface area contributed by atoms with Gasteiger partial charge in [0.1, 0.15) is 0 Å². The van der Waals surface area contributed by atoms with E-state index in [1.165, 1.54) is 15.0 Å². The van der Waals surface area contributed by atoms with E-state index in [-0.39, 0.29) is 17.7 Å². The molecule has 0 spiro atoms. The Morgan fingerprint density at radius 3 is 2.87 bits per heavy atom. The van der Waals surface area contributed by atoms with E-state index in [0.29, 0.717) is 25.6 Å². The maximum Gasteiger partial charge on any atom is 0.228 e. The lowest BCUT2D eigenvalue weighted by atomic mass is 10.1. The molecule has 0 unspecified atom stereocenters. The molecule has 2 heterocycles. The monoisotopic (exact) mass is 328 g/mol. The van der Waals surface area contributed by atoms with E-state index in [1.54, 1.807) is 16.2 Å². The maximum atomic E-state index is 12.7. The summed E-state index contributed by atoms with van der Waals surface area (Å²) in [5.41, 5.74) is 0. The highest BCUT2D eigenvalue weighted by atomic mass is 32.1. The fourth-order valence-electron chi connectivity index (χ4n) is 3.37. The number of rotatable bonds is 4. The zero-order valence-corrected chi connectivity index (χ0v) is 14.0. The summed E-state index contributed by atoms with van der Waals surface area (Å²) in [5.74, 6) is 0.0857.